The second-order valence-electron chi connectivity index (χ2n) is 10.5. The molecule has 2 aromatic heterocycles. The van der Waals surface area contributed by atoms with Gasteiger partial charge >= 0.3 is 6.18 Å². The van der Waals surface area contributed by atoms with Crippen molar-refractivity contribution in [1.82, 2.24) is 19.7 Å². The van der Waals surface area contributed by atoms with Gasteiger partial charge in [0.1, 0.15) is 29.8 Å². The molecule has 0 aliphatic carbocycles. The predicted molar refractivity (Wildman–Crippen MR) is 156 cm³/mol. The largest absolute Gasteiger partial charge is 0.497 e. The Labute approximate surface area is 252 Å². The predicted octanol–water partition coefficient (Wildman–Crippen LogP) is 3.53. The maximum atomic E-state index is 14.0. The van der Waals surface area contributed by atoms with E-state index in [-0.39, 0.29) is 31.7 Å². The fraction of sp³-hybridized carbons (Fsp3) is 0.433. The highest BCUT2D eigenvalue weighted by Crippen LogP contribution is 2.32. The number of amides is 1. The van der Waals surface area contributed by atoms with Gasteiger partial charge in [0, 0.05) is 38.4 Å². The number of rotatable bonds is 11. The summed E-state index contributed by atoms with van der Waals surface area (Å²) < 4.78 is 53.2. The maximum absolute atomic E-state index is 14.0. The number of alkyl halides is 3. The van der Waals surface area contributed by atoms with Crippen LogP contribution in [0.4, 0.5) is 24.7 Å². The number of carbonyl (C=O) groups excluding carboxylic acids is 1. The van der Waals surface area contributed by atoms with Crippen molar-refractivity contribution < 1.29 is 27.4 Å². The number of anilines is 2. The number of aromatic nitrogens is 3. The van der Waals surface area contributed by atoms with Crippen molar-refractivity contribution in [1.29, 1.82) is 5.26 Å². The first-order chi connectivity index (χ1) is 21.0. The maximum Gasteiger partial charge on any atom is 0.423 e. The van der Waals surface area contributed by atoms with Crippen molar-refractivity contribution in [2.45, 2.75) is 44.6 Å². The lowest BCUT2D eigenvalue weighted by Gasteiger charge is -2.37. The minimum Gasteiger partial charge on any atom is -0.497 e. The molecule has 14 heteroatoms. The van der Waals surface area contributed by atoms with Gasteiger partial charge in [0.15, 0.2) is 0 Å². The highest BCUT2D eigenvalue weighted by atomic mass is 19.4. The van der Waals surface area contributed by atoms with Gasteiger partial charge in [-0.25, -0.2) is 9.67 Å². The first-order valence-electron chi connectivity index (χ1n) is 14.0. The first kappa shape index (κ1) is 32.3. The summed E-state index contributed by atoms with van der Waals surface area (Å²) in [6, 6.07) is 11.5. The van der Waals surface area contributed by atoms with Gasteiger partial charge in [0.25, 0.3) is 5.56 Å². The summed E-state index contributed by atoms with van der Waals surface area (Å²) >= 11 is 0. The lowest BCUT2D eigenvalue weighted by atomic mass is 10.0. The number of hydrogen-bond donors (Lipinski definition) is 1. The Balaban J connectivity index is 1.28. The third-order valence-corrected chi connectivity index (χ3v) is 7.42. The summed E-state index contributed by atoms with van der Waals surface area (Å²) in [5, 5.41) is 15.6. The van der Waals surface area contributed by atoms with Crippen LogP contribution in [-0.4, -0.2) is 78.1 Å². The molecule has 3 heterocycles. The monoisotopic (exact) mass is 613 g/mol. The number of piperidine rings is 1. The number of carbonyl (C=O) groups is 1. The van der Waals surface area contributed by atoms with E-state index in [1.54, 1.807) is 55.3 Å². The number of methoxy groups -OCH3 is 1. The Hall–Kier alpha value is -4.64. The normalized spacial score (nSPS) is 14.5. The first-order valence-corrected chi connectivity index (χ1v) is 14.0. The molecule has 234 valence electrons. The molecule has 1 atom stereocenters. The molecule has 1 aliphatic heterocycles. The Kier molecular flexibility index (Phi) is 10.4. The SMILES string of the molecule is COc1ccc(Cn2ncc(N[C@@H](C)COCC(=O)N(C)C3CCN(c4ccc(C#N)cn4)CC3)c(C(F)(F)F)c2=O)cc1. The van der Waals surface area contributed by atoms with Crippen LogP contribution in [-0.2, 0) is 22.3 Å². The lowest BCUT2D eigenvalue weighted by molar-refractivity contribution is -0.138. The second-order valence-corrected chi connectivity index (χ2v) is 10.5. The fourth-order valence-corrected chi connectivity index (χ4v) is 4.95. The van der Waals surface area contributed by atoms with Gasteiger partial charge in [-0.2, -0.15) is 23.5 Å². The van der Waals surface area contributed by atoms with Crippen LogP contribution >= 0.6 is 0 Å². The van der Waals surface area contributed by atoms with Gasteiger partial charge in [-0.1, -0.05) is 12.1 Å². The Bertz CT molecular complexity index is 1510. The number of ether oxygens (including phenoxy) is 2. The zero-order valence-electron chi connectivity index (χ0n) is 24.7. The summed E-state index contributed by atoms with van der Waals surface area (Å²) in [6.07, 6.45) is -0.974. The quantitative estimate of drug-likeness (QED) is 0.346. The van der Waals surface area contributed by atoms with E-state index in [9.17, 15) is 22.8 Å². The van der Waals surface area contributed by atoms with Crippen molar-refractivity contribution in [3.8, 4) is 11.8 Å². The van der Waals surface area contributed by atoms with Crippen LogP contribution in [0.5, 0.6) is 5.75 Å². The van der Waals surface area contributed by atoms with E-state index in [4.69, 9.17) is 14.7 Å². The van der Waals surface area contributed by atoms with Crippen molar-refractivity contribution in [3.63, 3.8) is 0 Å². The number of benzene rings is 1. The Morgan fingerprint density at radius 3 is 2.48 bits per heavy atom. The number of nitriles is 1. The Morgan fingerprint density at radius 1 is 1.18 bits per heavy atom. The van der Waals surface area contributed by atoms with Gasteiger partial charge in [-0.3, -0.25) is 9.59 Å². The van der Waals surface area contributed by atoms with Gasteiger partial charge in [-0.15, -0.1) is 0 Å². The summed E-state index contributed by atoms with van der Waals surface area (Å²) in [5.41, 5.74) is -2.02. The van der Waals surface area contributed by atoms with Crippen LogP contribution in [0.25, 0.3) is 0 Å². The second kappa shape index (κ2) is 14.2. The van der Waals surface area contributed by atoms with Crippen LogP contribution in [0.3, 0.4) is 0 Å². The molecule has 1 N–H and O–H groups in total. The third kappa shape index (κ3) is 8.04. The lowest BCUT2D eigenvalue weighted by Crippen LogP contribution is -2.47. The highest BCUT2D eigenvalue weighted by molar-refractivity contribution is 5.77. The summed E-state index contributed by atoms with van der Waals surface area (Å²) in [7, 11) is 3.20. The summed E-state index contributed by atoms with van der Waals surface area (Å²) in [5.74, 6) is 1.11. The number of nitrogens with zero attached hydrogens (tertiary/aromatic N) is 6. The number of halogens is 3. The number of hydrogen-bond acceptors (Lipinski definition) is 9. The van der Waals surface area contributed by atoms with E-state index in [2.05, 4.69) is 20.3 Å². The molecular formula is C30H34F3N7O4. The van der Waals surface area contributed by atoms with Crippen molar-refractivity contribution in [2.75, 3.05) is 50.7 Å². The molecule has 0 spiro atoms. The molecule has 3 aromatic rings. The topological polar surface area (TPSA) is 126 Å². The summed E-state index contributed by atoms with van der Waals surface area (Å²) in [4.78, 5) is 33.6. The van der Waals surface area contributed by atoms with Crippen LogP contribution in [0.15, 0.2) is 53.6 Å². The molecule has 0 radical (unpaired) electrons. The molecule has 0 bridgehead atoms. The van der Waals surface area contributed by atoms with Crippen molar-refractivity contribution >= 4 is 17.4 Å². The molecule has 1 amide bonds. The van der Waals surface area contributed by atoms with Crippen LogP contribution < -0.4 is 20.5 Å². The van der Waals surface area contributed by atoms with Gasteiger partial charge in [0.2, 0.25) is 5.91 Å². The molecule has 1 aliphatic rings. The molecule has 1 saturated heterocycles. The zero-order chi connectivity index (χ0) is 31.9. The average Bonchev–Trinajstić information content (AvgIpc) is 3.01. The van der Waals surface area contributed by atoms with Crippen LogP contribution in [0.2, 0.25) is 0 Å². The standard InChI is InChI=1S/C30H34F3N7O4/c1-20(18-44-19-27(41)38(2)23-10-12-39(13-11-23)26-9-6-22(14-34)15-35-26)37-25-16-36-40(29(42)28(25)30(31,32)33)17-21-4-7-24(43-3)8-5-21/h4-9,15-16,20,23,37H,10-13,17-19H2,1-3H3/t20-/m0/s1. The molecule has 0 saturated carbocycles. The summed E-state index contributed by atoms with van der Waals surface area (Å²) in [6.45, 7) is 2.51. The zero-order valence-corrected chi connectivity index (χ0v) is 24.7. The number of likely N-dealkylation sites (N-methyl/N-ethyl adjacent to an activating group) is 1. The van der Waals surface area contributed by atoms with Crippen molar-refractivity contribution in [2.24, 2.45) is 0 Å². The molecule has 0 unspecified atom stereocenters. The minimum absolute atomic E-state index is 0.00102. The Morgan fingerprint density at radius 2 is 1.89 bits per heavy atom. The van der Waals surface area contributed by atoms with Crippen molar-refractivity contribution in [3.05, 3.63) is 75.8 Å². The average molecular weight is 614 g/mol. The van der Waals surface area contributed by atoms with E-state index >= 15 is 0 Å². The number of nitrogens with one attached hydrogen (secondary N) is 1. The van der Waals surface area contributed by atoms with E-state index in [0.29, 0.717) is 30.0 Å². The molecule has 11 nitrogen and oxygen atoms in total. The fourth-order valence-electron chi connectivity index (χ4n) is 4.95. The molecule has 1 fully saturated rings. The van der Waals surface area contributed by atoms with E-state index in [0.717, 1.165) is 29.5 Å². The minimum atomic E-state index is -4.92. The third-order valence-electron chi connectivity index (χ3n) is 7.42. The molecule has 44 heavy (non-hydrogen) atoms. The van der Waals surface area contributed by atoms with Gasteiger partial charge in [-0.05, 0) is 49.6 Å². The van der Waals surface area contributed by atoms with E-state index in [1.165, 1.54) is 13.3 Å². The van der Waals surface area contributed by atoms with Crippen LogP contribution in [0.1, 0.15) is 36.5 Å². The highest BCUT2D eigenvalue weighted by Gasteiger charge is 2.38. The molecule has 1 aromatic carbocycles. The van der Waals surface area contributed by atoms with E-state index < -0.39 is 29.0 Å². The number of pyridine rings is 1. The smallest absolute Gasteiger partial charge is 0.423 e. The van der Waals surface area contributed by atoms with Gasteiger partial charge < -0.3 is 24.6 Å². The van der Waals surface area contributed by atoms with Gasteiger partial charge in [0.05, 0.1) is 37.7 Å². The molecular weight excluding hydrogens is 579 g/mol. The van der Waals surface area contributed by atoms with Crippen LogP contribution in [0, 0.1) is 11.3 Å². The molecule has 4 rings (SSSR count). The van der Waals surface area contributed by atoms with E-state index in [1.807, 2.05) is 6.07 Å².